The van der Waals surface area contributed by atoms with Gasteiger partial charge in [0.2, 0.25) is 5.95 Å². The molecule has 0 unspecified atom stereocenters. The molecule has 0 bridgehead atoms. The lowest BCUT2D eigenvalue weighted by molar-refractivity contribution is 0.812. The van der Waals surface area contributed by atoms with Gasteiger partial charge in [-0.05, 0) is 25.2 Å². The van der Waals surface area contributed by atoms with E-state index in [1.807, 2.05) is 43.7 Å². The Labute approximate surface area is 166 Å². The summed E-state index contributed by atoms with van der Waals surface area (Å²) in [6.45, 7) is 1.36. The summed E-state index contributed by atoms with van der Waals surface area (Å²) in [5.41, 5.74) is 6.08. The van der Waals surface area contributed by atoms with Crippen molar-refractivity contribution in [3.8, 4) is 11.3 Å². The summed E-state index contributed by atoms with van der Waals surface area (Å²) >= 11 is 1.69. The third-order valence-electron chi connectivity index (χ3n) is 4.59. The first-order valence-corrected chi connectivity index (χ1v) is 9.88. The summed E-state index contributed by atoms with van der Waals surface area (Å²) in [4.78, 5) is 18.4. The average molecular weight is 386 g/mol. The van der Waals surface area contributed by atoms with Crippen molar-refractivity contribution >= 4 is 39.4 Å². The van der Waals surface area contributed by atoms with Gasteiger partial charge in [0.1, 0.15) is 5.01 Å². The van der Waals surface area contributed by atoms with Crippen molar-refractivity contribution in [2.24, 2.45) is 4.99 Å². The quantitative estimate of drug-likeness (QED) is 0.551. The number of fused-ring (bicyclic) bond motifs is 4. The van der Waals surface area contributed by atoms with Crippen LogP contribution in [0.5, 0.6) is 0 Å². The molecule has 6 nitrogen and oxygen atoms in total. The molecule has 2 aromatic carbocycles. The third kappa shape index (κ3) is 3.15. The van der Waals surface area contributed by atoms with Crippen LogP contribution in [0.3, 0.4) is 0 Å². The van der Waals surface area contributed by atoms with Crippen LogP contribution in [0.25, 0.3) is 21.5 Å². The molecule has 4 aromatic rings. The van der Waals surface area contributed by atoms with Crippen LogP contribution in [0.1, 0.15) is 16.1 Å². The fourth-order valence-corrected chi connectivity index (χ4v) is 4.31. The molecular formula is C21H18N6S. The van der Waals surface area contributed by atoms with E-state index in [1.165, 1.54) is 0 Å². The van der Waals surface area contributed by atoms with Crippen LogP contribution in [-0.2, 0) is 13.1 Å². The molecule has 7 heteroatoms. The minimum Gasteiger partial charge on any atom is -0.324 e. The Morgan fingerprint density at radius 1 is 1.11 bits per heavy atom. The summed E-state index contributed by atoms with van der Waals surface area (Å²) in [6.07, 6.45) is 3.77. The molecule has 2 aromatic heterocycles. The highest BCUT2D eigenvalue weighted by atomic mass is 32.1. The molecule has 1 aliphatic rings. The lowest BCUT2D eigenvalue weighted by Crippen LogP contribution is -2.03. The second kappa shape index (κ2) is 7.10. The molecule has 0 fully saturated rings. The highest BCUT2D eigenvalue weighted by Crippen LogP contribution is 2.30. The molecule has 28 heavy (non-hydrogen) atoms. The van der Waals surface area contributed by atoms with Gasteiger partial charge in [0.25, 0.3) is 0 Å². The lowest BCUT2D eigenvalue weighted by Gasteiger charge is -2.10. The second-order valence-electron chi connectivity index (χ2n) is 6.57. The van der Waals surface area contributed by atoms with Crippen LogP contribution in [0, 0.1) is 0 Å². The van der Waals surface area contributed by atoms with Gasteiger partial charge >= 0.3 is 0 Å². The number of nitrogens with zero attached hydrogens (tertiary/aromatic N) is 4. The summed E-state index contributed by atoms with van der Waals surface area (Å²) < 4.78 is 1.14. The van der Waals surface area contributed by atoms with Crippen molar-refractivity contribution in [1.29, 1.82) is 0 Å². The van der Waals surface area contributed by atoms with Gasteiger partial charge < -0.3 is 10.6 Å². The summed E-state index contributed by atoms with van der Waals surface area (Å²) in [5.74, 6) is 0.578. The Kier molecular flexibility index (Phi) is 4.31. The van der Waals surface area contributed by atoms with E-state index >= 15 is 0 Å². The van der Waals surface area contributed by atoms with Crippen LogP contribution in [0.4, 0.5) is 11.6 Å². The first-order chi connectivity index (χ1) is 13.8. The zero-order valence-corrected chi connectivity index (χ0v) is 16.1. The SMILES string of the molecule is CNCc1nc2ccc(Nc3ncc4c(n3)-c3ccccc3C=NC4)cc2s1. The number of benzene rings is 2. The normalized spacial score (nSPS) is 12.5. The Morgan fingerprint density at radius 3 is 2.96 bits per heavy atom. The van der Waals surface area contributed by atoms with Gasteiger partial charge in [0, 0.05) is 41.3 Å². The van der Waals surface area contributed by atoms with Gasteiger partial charge in [-0.2, -0.15) is 0 Å². The van der Waals surface area contributed by atoms with Crippen LogP contribution in [-0.4, -0.2) is 28.2 Å². The molecule has 0 spiro atoms. The van der Waals surface area contributed by atoms with Crippen LogP contribution in [0.15, 0.2) is 53.7 Å². The topological polar surface area (TPSA) is 75.1 Å². The number of hydrogen-bond acceptors (Lipinski definition) is 7. The van der Waals surface area contributed by atoms with Gasteiger partial charge in [-0.3, -0.25) is 4.99 Å². The largest absolute Gasteiger partial charge is 0.324 e. The smallest absolute Gasteiger partial charge is 0.227 e. The van der Waals surface area contributed by atoms with Crippen molar-refractivity contribution in [3.63, 3.8) is 0 Å². The molecule has 1 aliphatic heterocycles. The number of rotatable bonds is 4. The average Bonchev–Trinajstić information content (AvgIpc) is 3.01. The number of hydrogen-bond donors (Lipinski definition) is 2. The number of aliphatic imine (C=N–C) groups is 1. The highest BCUT2D eigenvalue weighted by molar-refractivity contribution is 7.18. The van der Waals surface area contributed by atoms with Gasteiger partial charge in [0.15, 0.2) is 0 Å². The minimum atomic E-state index is 0.578. The third-order valence-corrected chi connectivity index (χ3v) is 5.61. The highest BCUT2D eigenvalue weighted by Gasteiger charge is 2.15. The molecule has 0 atom stereocenters. The molecule has 0 amide bonds. The maximum atomic E-state index is 4.80. The van der Waals surface area contributed by atoms with Crippen LogP contribution < -0.4 is 10.6 Å². The number of anilines is 2. The van der Waals surface area contributed by atoms with Gasteiger partial charge in [-0.25, -0.2) is 15.0 Å². The summed E-state index contributed by atoms with van der Waals surface area (Å²) in [6, 6.07) is 14.3. The maximum absolute atomic E-state index is 4.80. The summed E-state index contributed by atoms with van der Waals surface area (Å²) in [5, 5.41) is 7.56. The number of aromatic nitrogens is 3. The Hall–Kier alpha value is -3.16. The predicted molar refractivity (Wildman–Crippen MR) is 114 cm³/mol. The molecule has 0 aliphatic carbocycles. The molecule has 3 heterocycles. The number of nitrogens with one attached hydrogen (secondary N) is 2. The van der Waals surface area contributed by atoms with Crippen molar-refractivity contribution in [2.45, 2.75) is 13.1 Å². The number of thiazole rings is 1. The van der Waals surface area contributed by atoms with E-state index in [4.69, 9.17) is 4.98 Å². The van der Waals surface area contributed by atoms with E-state index in [9.17, 15) is 0 Å². The Balaban J connectivity index is 1.49. The molecule has 0 radical (unpaired) electrons. The van der Waals surface area contributed by atoms with E-state index in [2.05, 4.69) is 43.8 Å². The first-order valence-electron chi connectivity index (χ1n) is 9.06. The molecule has 138 valence electrons. The monoisotopic (exact) mass is 386 g/mol. The van der Waals surface area contributed by atoms with Crippen LogP contribution >= 0.6 is 11.3 Å². The van der Waals surface area contributed by atoms with Crippen LogP contribution in [0.2, 0.25) is 0 Å². The second-order valence-corrected chi connectivity index (χ2v) is 7.69. The summed E-state index contributed by atoms with van der Waals surface area (Å²) in [7, 11) is 1.93. The first kappa shape index (κ1) is 17.0. The molecule has 2 N–H and O–H groups in total. The van der Waals surface area contributed by atoms with E-state index in [-0.39, 0.29) is 0 Å². The Bertz CT molecular complexity index is 1200. The molecule has 5 rings (SSSR count). The fraction of sp³-hybridized carbons (Fsp3) is 0.143. The van der Waals surface area contributed by atoms with E-state index < -0.39 is 0 Å². The van der Waals surface area contributed by atoms with Gasteiger partial charge in [0.05, 0.1) is 22.5 Å². The van der Waals surface area contributed by atoms with Crippen molar-refractivity contribution in [1.82, 2.24) is 20.3 Å². The molecular weight excluding hydrogens is 368 g/mol. The van der Waals surface area contributed by atoms with E-state index in [1.54, 1.807) is 11.3 Å². The minimum absolute atomic E-state index is 0.578. The van der Waals surface area contributed by atoms with Gasteiger partial charge in [-0.15, -0.1) is 11.3 Å². The zero-order valence-electron chi connectivity index (χ0n) is 15.3. The zero-order chi connectivity index (χ0) is 18.9. The molecule has 0 saturated carbocycles. The van der Waals surface area contributed by atoms with Crippen molar-refractivity contribution < 1.29 is 0 Å². The van der Waals surface area contributed by atoms with E-state index in [0.717, 1.165) is 49.8 Å². The van der Waals surface area contributed by atoms with Crippen molar-refractivity contribution in [2.75, 3.05) is 12.4 Å². The predicted octanol–water partition coefficient (Wildman–Crippen LogP) is 4.15. The fourth-order valence-electron chi connectivity index (χ4n) is 3.29. The van der Waals surface area contributed by atoms with E-state index in [0.29, 0.717) is 12.5 Å². The standard InChI is InChI=1S/C21H18N6S/c1-22-12-19-26-17-7-6-15(8-18(17)28-19)25-21-24-11-14-10-23-9-13-4-2-3-5-16(13)20(14)27-21/h2-9,11,22H,10,12H2,1H3,(H,24,25,27). The van der Waals surface area contributed by atoms with Crippen molar-refractivity contribution in [3.05, 3.63) is 64.8 Å². The van der Waals surface area contributed by atoms with Gasteiger partial charge in [-0.1, -0.05) is 24.3 Å². The Morgan fingerprint density at radius 2 is 2.04 bits per heavy atom. The lowest BCUT2D eigenvalue weighted by atomic mass is 10.0. The molecule has 0 saturated heterocycles. The maximum Gasteiger partial charge on any atom is 0.227 e.